The number of nitrogens with one attached hydrogen (secondary N) is 1. The smallest absolute Gasteiger partial charge is 0.270 e. The van der Waals surface area contributed by atoms with Crippen LogP contribution in [0.4, 0.5) is 5.69 Å². The lowest BCUT2D eigenvalue weighted by atomic mass is 10.1. The van der Waals surface area contributed by atoms with E-state index in [0.29, 0.717) is 12.1 Å². The average molecular weight is 297 g/mol. The van der Waals surface area contributed by atoms with Crippen LogP contribution in [0.25, 0.3) is 22.2 Å². The molecule has 0 spiro atoms. The molecule has 2 N–H and O–H groups in total. The maximum absolute atomic E-state index is 11.0. The predicted molar refractivity (Wildman–Crippen MR) is 82.4 cm³/mol. The molecule has 6 heteroatoms. The van der Waals surface area contributed by atoms with Gasteiger partial charge in [-0.3, -0.25) is 10.1 Å². The first kappa shape index (κ1) is 12.6. The lowest BCUT2D eigenvalue weighted by Gasteiger charge is -2.17. The first-order valence-electron chi connectivity index (χ1n) is 6.78. The second-order valence-corrected chi connectivity index (χ2v) is 5.23. The number of hydrogen-bond acceptors (Lipinski definition) is 4. The molecular formula is C16H11N3O3. The van der Waals surface area contributed by atoms with Crippen LogP contribution in [-0.4, -0.2) is 20.8 Å². The maximum atomic E-state index is 11.0. The number of rotatable bonds is 1. The van der Waals surface area contributed by atoms with E-state index in [-0.39, 0.29) is 5.69 Å². The summed E-state index contributed by atoms with van der Waals surface area (Å²) >= 11 is 0. The number of benzene rings is 2. The van der Waals surface area contributed by atoms with E-state index in [1.807, 2.05) is 24.3 Å². The normalized spacial score (nSPS) is 14.8. The summed E-state index contributed by atoms with van der Waals surface area (Å²) in [5.41, 5.74) is 5.12. The average Bonchev–Trinajstić information content (AvgIpc) is 2.92. The van der Waals surface area contributed by atoms with Gasteiger partial charge in [0.2, 0.25) is 0 Å². The van der Waals surface area contributed by atoms with Crippen molar-refractivity contribution in [3.8, 4) is 11.3 Å². The van der Waals surface area contributed by atoms with Gasteiger partial charge in [0, 0.05) is 40.6 Å². The summed E-state index contributed by atoms with van der Waals surface area (Å²) in [5.74, 6) is 0. The Morgan fingerprint density at radius 3 is 2.86 bits per heavy atom. The number of H-pyrrole nitrogens is 1. The van der Waals surface area contributed by atoms with E-state index >= 15 is 0 Å². The summed E-state index contributed by atoms with van der Waals surface area (Å²) in [6.07, 6.45) is 0.435. The second-order valence-electron chi connectivity index (χ2n) is 5.23. The van der Waals surface area contributed by atoms with Crippen LogP contribution in [0.2, 0.25) is 0 Å². The highest BCUT2D eigenvalue weighted by atomic mass is 16.6. The van der Waals surface area contributed by atoms with E-state index in [1.165, 1.54) is 6.07 Å². The number of nitro groups is 1. The lowest BCUT2D eigenvalue weighted by Crippen LogP contribution is -2.12. The van der Waals surface area contributed by atoms with Crippen LogP contribution >= 0.6 is 0 Å². The molecule has 1 aromatic heterocycles. The minimum atomic E-state index is -0.406. The molecule has 0 saturated carbocycles. The van der Waals surface area contributed by atoms with Crippen molar-refractivity contribution in [2.24, 2.45) is 5.16 Å². The van der Waals surface area contributed by atoms with E-state index in [9.17, 15) is 15.3 Å². The molecule has 3 aromatic rings. The Morgan fingerprint density at radius 1 is 1.27 bits per heavy atom. The topological polar surface area (TPSA) is 91.5 Å². The Balaban J connectivity index is 2.05. The summed E-state index contributed by atoms with van der Waals surface area (Å²) < 4.78 is 0. The van der Waals surface area contributed by atoms with Crippen molar-refractivity contribution >= 4 is 22.3 Å². The molecule has 1 aliphatic rings. The fraction of sp³-hybridized carbons (Fsp3) is 0.0625. The number of non-ortho nitro benzene ring substituents is 1. The fourth-order valence-corrected chi connectivity index (χ4v) is 3.07. The molecule has 0 unspecified atom stereocenters. The molecule has 0 amide bonds. The van der Waals surface area contributed by atoms with Crippen LogP contribution in [0.1, 0.15) is 11.1 Å². The largest absolute Gasteiger partial charge is 0.411 e. The van der Waals surface area contributed by atoms with Crippen molar-refractivity contribution in [1.29, 1.82) is 0 Å². The Hall–Kier alpha value is -3.15. The molecule has 22 heavy (non-hydrogen) atoms. The van der Waals surface area contributed by atoms with Crippen LogP contribution in [0, 0.1) is 10.1 Å². The van der Waals surface area contributed by atoms with Gasteiger partial charge in [-0.1, -0.05) is 29.4 Å². The molecule has 0 radical (unpaired) electrons. The zero-order chi connectivity index (χ0) is 15.3. The van der Waals surface area contributed by atoms with Gasteiger partial charge in [-0.2, -0.15) is 0 Å². The van der Waals surface area contributed by atoms with Gasteiger partial charge in [-0.25, -0.2) is 0 Å². The van der Waals surface area contributed by atoms with Gasteiger partial charge in [0.05, 0.1) is 16.3 Å². The van der Waals surface area contributed by atoms with Crippen LogP contribution in [0.15, 0.2) is 47.6 Å². The molecule has 0 fully saturated rings. The third-order valence-corrected chi connectivity index (χ3v) is 4.07. The van der Waals surface area contributed by atoms with E-state index < -0.39 is 4.92 Å². The molecule has 0 saturated heterocycles. The Bertz CT molecular complexity index is 956. The third kappa shape index (κ3) is 1.64. The second kappa shape index (κ2) is 4.42. The van der Waals surface area contributed by atoms with Gasteiger partial charge in [0.25, 0.3) is 5.69 Å². The zero-order valence-corrected chi connectivity index (χ0v) is 11.4. The van der Waals surface area contributed by atoms with Crippen molar-refractivity contribution < 1.29 is 10.1 Å². The van der Waals surface area contributed by atoms with E-state index in [4.69, 9.17) is 0 Å². The number of fused-ring (bicyclic) bond motifs is 5. The summed E-state index contributed by atoms with van der Waals surface area (Å²) in [6, 6.07) is 12.4. The van der Waals surface area contributed by atoms with Crippen molar-refractivity contribution in [3.05, 3.63) is 63.7 Å². The minimum absolute atomic E-state index is 0.0515. The first-order chi connectivity index (χ1) is 10.7. The summed E-state index contributed by atoms with van der Waals surface area (Å²) in [7, 11) is 0. The molecule has 6 nitrogen and oxygen atoms in total. The SMILES string of the molecule is O=[N+]([O-])c1ccc2[nH]c3c(c2c1)[14CH2]/[14C](=N\O)c1ccccc1-3. The number of nitro benzene ring substituents is 1. The number of aromatic nitrogens is 1. The standard InChI is InChI=1S/C16H11N3O3/c20-18-15-8-13-12-7-9(19(21)22)5-6-14(12)17-16(13)11-4-2-1-3-10(11)15/h1-7,17,20H,8H2/b18-15+/i8+2,15+2. The molecule has 0 atom stereocenters. The monoisotopic (exact) mass is 297 g/mol. The molecular weight excluding hydrogens is 286 g/mol. The highest BCUT2D eigenvalue weighted by molar-refractivity contribution is 6.13. The molecule has 108 valence electrons. The maximum Gasteiger partial charge on any atom is 0.270 e. The van der Waals surface area contributed by atoms with Crippen LogP contribution < -0.4 is 0 Å². The Morgan fingerprint density at radius 2 is 2.09 bits per heavy atom. The van der Waals surface area contributed by atoms with E-state index in [2.05, 4.69) is 10.1 Å². The number of aromatic amines is 1. The molecule has 4 rings (SSSR count). The fourth-order valence-electron chi connectivity index (χ4n) is 3.07. The zero-order valence-electron chi connectivity index (χ0n) is 11.4. The van der Waals surface area contributed by atoms with Crippen molar-refractivity contribution in [2.45, 2.75) is 6.42 Å². The highest BCUT2D eigenvalue weighted by Gasteiger charge is 2.25. The van der Waals surface area contributed by atoms with Gasteiger partial charge in [-0.15, -0.1) is 0 Å². The number of oxime groups is 1. The highest BCUT2D eigenvalue weighted by Crippen LogP contribution is 2.38. The van der Waals surface area contributed by atoms with Gasteiger partial charge in [0.1, 0.15) is 0 Å². The Labute approximate surface area is 124 Å². The van der Waals surface area contributed by atoms with Gasteiger partial charge >= 0.3 is 0 Å². The van der Waals surface area contributed by atoms with E-state index in [0.717, 1.165) is 33.3 Å². The molecule has 0 aliphatic heterocycles. The van der Waals surface area contributed by atoms with Crippen molar-refractivity contribution in [1.82, 2.24) is 4.98 Å². The summed E-state index contributed by atoms with van der Waals surface area (Å²) in [6.45, 7) is 0. The van der Waals surface area contributed by atoms with Crippen molar-refractivity contribution in [3.63, 3.8) is 0 Å². The van der Waals surface area contributed by atoms with Crippen LogP contribution in [0.5, 0.6) is 0 Å². The van der Waals surface area contributed by atoms with Gasteiger partial charge < -0.3 is 10.2 Å². The third-order valence-electron chi connectivity index (χ3n) is 4.07. The lowest BCUT2D eigenvalue weighted by molar-refractivity contribution is -0.384. The summed E-state index contributed by atoms with van der Waals surface area (Å²) in [4.78, 5) is 13.9. The number of hydrogen-bond donors (Lipinski definition) is 2. The quantitative estimate of drug-likeness (QED) is 0.409. The molecule has 1 aliphatic carbocycles. The van der Waals surface area contributed by atoms with Gasteiger partial charge in [0.15, 0.2) is 0 Å². The molecule has 0 bridgehead atoms. The van der Waals surface area contributed by atoms with Gasteiger partial charge in [-0.05, 0) is 11.6 Å². The minimum Gasteiger partial charge on any atom is -0.411 e. The summed E-state index contributed by atoms with van der Waals surface area (Å²) in [5, 5.41) is 24.5. The van der Waals surface area contributed by atoms with Crippen molar-refractivity contribution in [2.75, 3.05) is 0 Å². The first-order valence-corrected chi connectivity index (χ1v) is 6.78. The predicted octanol–water partition coefficient (Wildman–Crippen LogP) is 3.48. The van der Waals surface area contributed by atoms with Crippen LogP contribution in [0.3, 0.4) is 0 Å². The van der Waals surface area contributed by atoms with E-state index in [1.54, 1.807) is 12.1 Å². The van der Waals surface area contributed by atoms with Crippen LogP contribution in [-0.2, 0) is 6.42 Å². The Kier molecular flexibility index (Phi) is 2.53. The molecule has 1 heterocycles. The molecule has 2 aromatic carbocycles. The number of nitrogens with zero attached hydrogens (tertiary/aromatic N) is 2.